The number of unbranched alkanes of at least 4 members (excludes halogenated alkanes) is 3. The molecular formula is C18H31N3O. The second-order valence-electron chi connectivity index (χ2n) is 5.91. The number of benzene rings is 1. The van der Waals surface area contributed by atoms with Crippen molar-refractivity contribution in [1.29, 1.82) is 0 Å². The molecule has 0 fully saturated rings. The van der Waals surface area contributed by atoms with Crippen LogP contribution in [0.2, 0.25) is 0 Å². The number of aliphatic hydroxyl groups excluding tert-OH is 1. The third-order valence-corrected chi connectivity index (χ3v) is 3.72. The fraction of sp³-hybridized carbons (Fsp3) is 0.611. The molecule has 1 aromatic carbocycles. The number of nitrogens with two attached hydrogens (primary N) is 1. The van der Waals surface area contributed by atoms with Gasteiger partial charge in [0.05, 0.1) is 6.10 Å². The zero-order valence-electron chi connectivity index (χ0n) is 14.0. The highest BCUT2D eigenvalue weighted by Crippen LogP contribution is 2.21. The highest BCUT2D eigenvalue weighted by molar-refractivity contribution is 5.77. The van der Waals surface area contributed by atoms with Crippen molar-refractivity contribution in [3.8, 4) is 0 Å². The van der Waals surface area contributed by atoms with Crippen LogP contribution < -0.4 is 11.1 Å². The molecule has 22 heavy (non-hydrogen) atoms. The molecule has 2 atom stereocenters. The van der Waals surface area contributed by atoms with Crippen LogP contribution in [0.4, 0.5) is 0 Å². The number of nitrogens with one attached hydrogen (secondary N) is 1. The topological polar surface area (TPSA) is 70.6 Å². The van der Waals surface area contributed by atoms with E-state index in [9.17, 15) is 5.11 Å². The van der Waals surface area contributed by atoms with Crippen molar-refractivity contribution in [2.75, 3.05) is 13.1 Å². The molecule has 4 N–H and O–H groups in total. The van der Waals surface area contributed by atoms with Gasteiger partial charge in [0.15, 0.2) is 5.96 Å². The van der Waals surface area contributed by atoms with Crippen LogP contribution in [-0.4, -0.2) is 30.3 Å². The third-order valence-electron chi connectivity index (χ3n) is 3.72. The van der Waals surface area contributed by atoms with Gasteiger partial charge in [-0.25, -0.2) is 0 Å². The van der Waals surface area contributed by atoms with Gasteiger partial charge in [-0.05, 0) is 25.3 Å². The molecule has 0 saturated heterocycles. The lowest BCUT2D eigenvalue weighted by molar-refractivity contribution is 0.175. The normalized spacial score (nSPS) is 14.6. The van der Waals surface area contributed by atoms with Crippen LogP contribution in [0.5, 0.6) is 0 Å². The highest BCUT2D eigenvalue weighted by atomic mass is 16.3. The molecule has 0 aliphatic carbocycles. The van der Waals surface area contributed by atoms with E-state index in [1.165, 1.54) is 24.8 Å². The number of rotatable bonds is 10. The fourth-order valence-corrected chi connectivity index (χ4v) is 2.49. The molecule has 4 nitrogen and oxygen atoms in total. The van der Waals surface area contributed by atoms with Crippen LogP contribution in [0.25, 0.3) is 0 Å². The Balaban J connectivity index is 2.46. The first-order valence-corrected chi connectivity index (χ1v) is 8.40. The first kappa shape index (κ1) is 18.5. The second kappa shape index (κ2) is 11.1. The molecule has 0 amide bonds. The van der Waals surface area contributed by atoms with E-state index in [4.69, 9.17) is 5.73 Å². The van der Waals surface area contributed by atoms with Crippen LogP contribution in [-0.2, 0) is 0 Å². The van der Waals surface area contributed by atoms with Crippen LogP contribution in [0.1, 0.15) is 57.4 Å². The summed E-state index contributed by atoms with van der Waals surface area (Å²) in [5, 5.41) is 12.8. The van der Waals surface area contributed by atoms with E-state index in [0.29, 0.717) is 18.9 Å². The average Bonchev–Trinajstić information content (AvgIpc) is 2.51. The average molecular weight is 305 g/mol. The van der Waals surface area contributed by atoms with Crippen LogP contribution in [0.3, 0.4) is 0 Å². The van der Waals surface area contributed by atoms with Gasteiger partial charge in [-0.3, -0.25) is 4.99 Å². The van der Waals surface area contributed by atoms with Crippen molar-refractivity contribution in [3.05, 3.63) is 35.9 Å². The SMILES string of the molecule is CCCCCCNC(N)=NCC(CC(C)O)c1ccccc1. The number of hydrogen-bond donors (Lipinski definition) is 3. The summed E-state index contributed by atoms with van der Waals surface area (Å²) >= 11 is 0. The minimum absolute atomic E-state index is 0.196. The predicted molar refractivity (Wildman–Crippen MR) is 94.1 cm³/mol. The molecule has 0 aromatic heterocycles. The van der Waals surface area contributed by atoms with Gasteiger partial charge in [-0.15, -0.1) is 0 Å². The van der Waals surface area contributed by atoms with Crippen molar-refractivity contribution in [1.82, 2.24) is 5.32 Å². The van der Waals surface area contributed by atoms with Crippen LogP contribution in [0, 0.1) is 0 Å². The van der Waals surface area contributed by atoms with E-state index < -0.39 is 0 Å². The van der Waals surface area contributed by atoms with Crippen LogP contribution >= 0.6 is 0 Å². The summed E-state index contributed by atoms with van der Waals surface area (Å²) in [4.78, 5) is 4.44. The standard InChI is InChI=1S/C18H31N3O/c1-3-4-5-9-12-20-18(19)21-14-17(13-15(2)22)16-10-7-6-8-11-16/h6-8,10-11,15,17,22H,3-5,9,12-14H2,1-2H3,(H3,19,20,21). The number of aliphatic imine (C=N–C) groups is 1. The van der Waals surface area contributed by atoms with Gasteiger partial charge in [-0.2, -0.15) is 0 Å². The van der Waals surface area contributed by atoms with Gasteiger partial charge in [0.25, 0.3) is 0 Å². The molecule has 0 aliphatic rings. The summed E-state index contributed by atoms with van der Waals surface area (Å²) in [5.74, 6) is 0.699. The lowest BCUT2D eigenvalue weighted by Crippen LogP contribution is -2.33. The molecule has 0 radical (unpaired) electrons. The number of aliphatic hydroxyl groups is 1. The second-order valence-corrected chi connectivity index (χ2v) is 5.91. The Bertz CT molecular complexity index is 418. The van der Waals surface area contributed by atoms with Gasteiger partial charge < -0.3 is 16.2 Å². The van der Waals surface area contributed by atoms with E-state index in [0.717, 1.165) is 13.0 Å². The zero-order valence-corrected chi connectivity index (χ0v) is 14.0. The van der Waals surface area contributed by atoms with Gasteiger partial charge in [0, 0.05) is 19.0 Å². The van der Waals surface area contributed by atoms with E-state index in [1.54, 1.807) is 0 Å². The highest BCUT2D eigenvalue weighted by Gasteiger charge is 2.13. The smallest absolute Gasteiger partial charge is 0.188 e. The first-order chi connectivity index (χ1) is 10.6. The maximum atomic E-state index is 9.68. The molecule has 4 heteroatoms. The first-order valence-electron chi connectivity index (χ1n) is 8.40. The Morgan fingerprint density at radius 1 is 1.23 bits per heavy atom. The molecule has 124 valence electrons. The van der Waals surface area contributed by atoms with Gasteiger partial charge in [-0.1, -0.05) is 56.5 Å². The van der Waals surface area contributed by atoms with Crippen molar-refractivity contribution < 1.29 is 5.11 Å². The summed E-state index contributed by atoms with van der Waals surface area (Å²) < 4.78 is 0. The van der Waals surface area contributed by atoms with E-state index in [1.807, 2.05) is 25.1 Å². The van der Waals surface area contributed by atoms with E-state index in [2.05, 4.69) is 29.4 Å². The quantitative estimate of drug-likeness (QED) is 0.353. The number of guanidine groups is 1. The summed E-state index contributed by atoms with van der Waals surface area (Å²) in [5.41, 5.74) is 7.12. The van der Waals surface area contributed by atoms with Gasteiger partial charge in [0.1, 0.15) is 0 Å². The zero-order chi connectivity index (χ0) is 16.2. The Morgan fingerprint density at radius 2 is 1.95 bits per heavy atom. The Hall–Kier alpha value is -1.55. The van der Waals surface area contributed by atoms with Crippen molar-refractivity contribution >= 4 is 5.96 Å². The number of nitrogens with zero attached hydrogens (tertiary/aromatic N) is 1. The fourth-order valence-electron chi connectivity index (χ4n) is 2.49. The molecule has 0 bridgehead atoms. The summed E-state index contributed by atoms with van der Waals surface area (Å²) in [7, 11) is 0. The third kappa shape index (κ3) is 8.03. The molecule has 1 rings (SSSR count). The summed E-state index contributed by atoms with van der Waals surface area (Å²) in [6, 6.07) is 10.2. The minimum Gasteiger partial charge on any atom is -0.393 e. The summed E-state index contributed by atoms with van der Waals surface area (Å²) in [6.45, 7) is 5.49. The molecule has 0 spiro atoms. The Morgan fingerprint density at radius 3 is 2.59 bits per heavy atom. The molecule has 0 aliphatic heterocycles. The van der Waals surface area contributed by atoms with Crippen molar-refractivity contribution in [3.63, 3.8) is 0 Å². The van der Waals surface area contributed by atoms with Crippen molar-refractivity contribution in [2.24, 2.45) is 10.7 Å². The maximum absolute atomic E-state index is 9.68. The monoisotopic (exact) mass is 305 g/mol. The maximum Gasteiger partial charge on any atom is 0.188 e. The summed E-state index contributed by atoms with van der Waals surface area (Å²) in [6.07, 6.45) is 5.21. The van der Waals surface area contributed by atoms with E-state index >= 15 is 0 Å². The largest absolute Gasteiger partial charge is 0.393 e. The lowest BCUT2D eigenvalue weighted by Gasteiger charge is -2.17. The van der Waals surface area contributed by atoms with Crippen molar-refractivity contribution in [2.45, 2.75) is 58.0 Å². The van der Waals surface area contributed by atoms with Gasteiger partial charge in [0.2, 0.25) is 0 Å². The number of hydrogen-bond acceptors (Lipinski definition) is 2. The molecule has 2 unspecified atom stereocenters. The Labute approximate surface area is 134 Å². The molecular weight excluding hydrogens is 274 g/mol. The molecule has 1 aromatic rings. The van der Waals surface area contributed by atoms with Crippen LogP contribution in [0.15, 0.2) is 35.3 Å². The van der Waals surface area contributed by atoms with E-state index in [-0.39, 0.29) is 12.0 Å². The molecule has 0 saturated carbocycles. The minimum atomic E-state index is -0.344. The predicted octanol–water partition coefficient (Wildman–Crippen LogP) is 3.03. The lowest BCUT2D eigenvalue weighted by atomic mass is 9.93. The van der Waals surface area contributed by atoms with Gasteiger partial charge >= 0.3 is 0 Å². The Kier molecular flexibility index (Phi) is 9.31. The molecule has 0 heterocycles.